The molecule has 0 radical (unpaired) electrons. The van der Waals surface area contributed by atoms with Gasteiger partial charge in [-0.1, -0.05) is 41.4 Å². The maximum absolute atomic E-state index is 12.7. The lowest BCUT2D eigenvalue weighted by molar-refractivity contribution is -0.136. The van der Waals surface area contributed by atoms with Gasteiger partial charge in [0.25, 0.3) is 5.91 Å². The van der Waals surface area contributed by atoms with Crippen LogP contribution in [0.3, 0.4) is 0 Å². The largest absolute Gasteiger partial charge is 0.494 e. The number of rotatable bonds is 7. The van der Waals surface area contributed by atoms with E-state index in [-0.39, 0.29) is 11.3 Å². The van der Waals surface area contributed by atoms with Crippen molar-refractivity contribution in [3.8, 4) is 5.75 Å². The number of ether oxygens (including phenoxy) is 1. The van der Waals surface area contributed by atoms with Gasteiger partial charge in [0.1, 0.15) is 5.75 Å². The quantitative estimate of drug-likeness (QED) is 0.248. The second-order valence-corrected chi connectivity index (χ2v) is 7.62. The van der Waals surface area contributed by atoms with Crippen molar-refractivity contribution < 1.29 is 19.1 Å². The van der Waals surface area contributed by atoms with Crippen LogP contribution in [0, 0.1) is 0 Å². The van der Waals surface area contributed by atoms with Crippen LogP contribution in [-0.4, -0.2) is 30.5 Å². The normalized spacial score (nSPS) is 10.6. The lowest BCUT2D eigenvalue weighted by Gasteiger charge is -2.11. The zero-order valence-electron chi connectivity index (χ0n) is 18.0. The zero-order valence-corrected chi connectivity index (χ0v) is 19.5. The van der Waals surface area contributed by atoms with Crippen LogP contribution in [0.15, 0.2) is 71.8 Å². The Morgan fingerprint density at radius 3 is 2.38 bits per heavy atom. The van der Waals surface area contributed by atoms with Gasteiger partial charge in [0.2, 0.25) is 0 Å². The maximum Gasteiger partial charge on any atom is 0.329 e. The van der Waals surface area contributed by atoms with E-state index in [0.717, 1.165) is 0 Å². The van der Waals surface area contributed by atoms with Gasteiger partial charge in [0, 0.05) is 16.3 Å². The standard InChI is InChI=1S/C24H20Cl2N4O4/c1-2-34-18-11-9-17(10-12-18)28-22(31)19-5-3-4-6-21(19)29-23(32)24(33)30-27-14-15-7-8-16(25)13-20(15)26/h3-14H,2H2,1H3,(H,28,31)(H,29,32)(H,30,33)/b27-14-. The van der Waals surface area contributed by atoms with Crippen molar-refractivity contribution in [2.75, 3.05) is 17.2 Å². The molecule has 0 aromatic heterocycles. The van der Waals surface area contributed by atoms with Gasteiger partial charge in [-0.2, -0.15) is 5.10 Å². The summed E-state index contributed by atoms with van der Waals surface area (Å²) in [5.74, 6) is -1.81. The van der Waals surface area contributed by atoms with Gasteiger partial charge in [-0.25, -0.2) is 5.43 Å². The number of hydrogen-bond donors (Lipinski definition) is 3. The van der Waals surface area contributed by atoms with E-state index in [1.54, 1.807) is 48.5 Å². The minimum Gasteiger partial charge on any atom is -0.494 e. The Hall–Kier alpha value is -3.88. The van der Waals surface area contributed by atoms with Gasteiger partial charge < -0.3 is 15.4 Å². The number of halogens is 2. The first kappa shape index (κ1) is 24.8. The summed E-state index contributed by atoms with van der Waals surface area (Å²) in [6, 6.07) is 17.9. The van der Waals surface area contributed by atoms with Gasteiger partial charge in [-0.3, -0.25) is 14.4 Å². The fourth-order valence-corrected chi connectivity index (χ4v) is 3.24. The lowest BCUT2D eigenvalue weighted by Crippen LogP contribution is -2.33. The van der Waals surface area contributed by atoms with Crippen LogP contribution >= 0.6 is 23.2 Å². The second kappa shape index (κ2) is 11.8. The molecule has 0 spiro atoms. The smallest absolute Gasteiger partial charge is 0.329 e. The molecule has 174 valence electrons. The van der Waals surface area contributed by atoms with Gasteiger partial charge in [-0.05, 0) is 55.5 Å². The SMILES string of the molecule is CCOc1ccc(NC(=O)c2ccccc2NC(=O)C(=O)N/N=C\c2ccc(Cl)cc2Cl)cc1. The number of carbonyl (C=O) groups excluding carboxylic acids is 3. The number of hydrogen-bond acceptors (Lipinski definition) is 5. The van der Waals surface area contributed by atoms with Crippen LogP contribution in [0.1, 0.15) is 22.8 Å². The molecule has 3 rings (SSSR count). The first-order chi connectivity index (χ1) is 16.4. The third-order valence-electron chi connectivity index (χ3n) is 4.38. The predicted octanol–water partition coefficient (Wildman–Crippen LogP) is 4.73. The van der Waals surface area contributed by atoms with Crippen molar-refractivity contribution in [1.29, 1.82) is 0 Å². The molecule has 3 amide bonds. The van der Waals surface area contributed by atoms with Gasteiger partial charge in [0.15, 0.2) is 0 Å². The third kappa shape index (κ3) is 6.81. The number of para-hydroxylation sites is 1. The highest BCUT2D eigenvalue weighted by Crippen LogP contribution is 2.20. The van der Waals surface area contributed by atoms with E-state index in [1.807, 2.05) is 6.92 Å². The molecular formula is C24H20Cl2N4O4. The molecule has 3 aromatic carbocycles. The van der Waals surface area contributed by atoms with E-state index in [0.29, 0.717) is 33.7 Å². The van der Waals surface area contributed by atoms with Crippen molar-refractivity contribution in [3.63, 3.8) is 0 Å². The Labute approximate surface area is 205 Å². The van der Waals surface area contributed by atoms with Gasteiger partial charge in [-0.15, -0.1) is 0 Å². The highest BCUT2D eigenvalue weighted by atomic mass is 35.5. The Morgan fingerprint density at radius 2 is 1.68 bits per heavy atom. The zero-order chi connectivity index (χ0) is 24.5. The number of amides is 3. The Morgan fingerprint density at radius 1 is 0.941 bits per heavy atom. The van der Waals surface area contributed by atoms with Crippen molar-refractivity contribution in [3.05, 3.63) is 87.9 Å². The van der Waals surface area contributed by atoms with Crippen molar-refractivity contribution >= 4 is 58.5 Å². The Balaban J connectivity index is 1.63. The average Bonchev–Trinajstić information content (AvgIpc) is 2.82. The van der Waals surface area contributed by atoms with E-state index < -0.39 is 17.7 Å². The number of nitrogens with one attached hydrogen (secondary N) is 3. The molecule has 3 N–H and O–H groups in total. The fraction of sp³-hybridized carbons (Fsp3) is 0.0833. The first-order valence-electron chi connectivity index (χ1n) is 10.1. The minimum absolute atomic E-state index is 0.163. The van der Waals surface area contributed by atoms with Crippen LogP contribution in [0.5, 0.6) is 5.75 Å². The van der Waals surface area contributed by atoms with E-state index in [4.69, 9.17) is 27.9 Å². The monoisotopic (exact) mass is 498 g/mol. The van der Waals surface area contributed by atoms with Crippen LogP contribution in [0.4, 0.5) is 11.4 Å². The molecule has 0 bridgehead atoms. The van der Waals surface area contributed by atoms with Gasteiger partial charge >= 0.3 is 11.8 Å². The molecule has 8 nitrogen and oxygen atoms in total. The summed E-state index contributed by atoms with van der Waals surface area (Å²) >= 11 is 11.9. The molecule has 0 heterocycles. The molecule has 0 saturated heterocycles. The second-order valence-electron chi connectivity index (χ2n) is 6.78. The van der Waals surface area contributed by atoms with E-state index in [1.165, 1.54) is 24.4 Å². The summed E-state index contributed by atoms with van der Waals surface area (Å²) in [5.41, 5.74) is 3.50. The molecule has 0 saturated carbocycles. The number of carbonyl (C=O) groups is 3. The summed E-state index contributed by atoms with van der Waals surface area (Å²) in [5, 5.41) is 9.68. The summed E-state index contributed by atoms with van der Waals surface area (Å²) in [6.45, 7) is 2.41. The van der Waals surface area contributed by atoms with Crippen LogP contribution < -0.4 is 20.8 Å². The topological polar surface area (TPSA) is 109 Å². The molecule has 3 aromatic rings. The highest BCUT2D eigenvalue weighted by molar-refractivity contribution is 6.40. The third-order valence-corrected chi connectivity index (χ3v) is 4.94. The van der Waals surface area contributed by atoms with Crippen LogP contribution in [0.25, 0.3) is 0 Å². The van der Waals surface area contributed by atoms with Gasteiger partial charge in [0.05, 0.1) is 29.1 Å². The van der Waals surface area contributed by atoms with Crippen LogP contribution in [-0.2, 0) is 9.59 Å². The van der Waals surface area contributed by atoms with E-state index >= 15 is 0 Å². The molecule has 0 aliphatic carbocycles. The first-order valence-corrected chi connectivity index (χ1v) is 10.9. The van der Waals surface area contributed by atoms with Crippen molar-refractivity contribution in [1.82, 2.24) is 5.43 Å². The summed E-state index contributed by atoms with van der Waals surface area (Å²) < 4.78 is 5.38. The molecule has 10 heteroatoms. The summed E-state index contributed by atoms with van der Waals surface area (Å²) in [6.07, 6.45) is 1.28. The fourth-order valence-electron chi connectivity index (χ4n) is 2.79. The van der Waals surface area contributed by atoms with E-state index in [2.05, 4.69) is 21.2 Å². The molecule has 0 aliphatic heterocycles. The van der Waals surface area contributed by atoms with Crippen molar-refractivity contribution in [2.45, 2.75) is 6.92 Å². The van der Waals surface area contributed by atoms with E-state index in [9.17, 15) is 14.4 Å². The summed E-state index contributed by atoms with van der Waals surface area (Å²) in [7, 11) is 0. The molecule has 0 atom stereocenters. The molecule has 0 aliphatic rings. The number of benzene rings is 3. The van der Waals surface area contributed by atoms with Crippen molar-refractivity contribution in [2.24, 2.45) is 5.10 Å². The highest BCUT2D eigenvalue weighted by Gasteiger charge is 2.18. The minimum atomic E-state index is -1.02. The number of nitrogens with zero attached hydrogens (tertiary/aromatic N) is 1. The maximum atomic E-state index is 12.7. The number of hydrazone groups is 1. The number of anilines is 2. The molecule has 0 unspecified atom stereocenters. The molecular weight excluding hydrogens is 479 g/mol. The Bertz CT molecular complexity index is 1230. The Kier molecular flexibility index (Phi) is 8.61. The molecule has 34 heavy (non-hydrogen) atoms. The summed E-state index contributed by atoms with van der Waals surface area (Å²) in [4.78, 5) is 37.2. The molecule has 0 fully saturated rings. The predicted molar refractivity (Wildman–Crippen MR) is 133 cm³/mol. The van der Waals surface area contributed by atoms with Crippen LogP contribution in [0.2, 0.25) is 10.0 Å². The average molecular weight is 499 g/mol. The lowest BCUT2D eigenvalue weighted by atomic mass is 10.1.